The highest BCUT2D eigenvalue weighted by Crippen LogP contribution is 2.32. The molecule has 3 amide bonds. The van der Waals surface area contributed by atoms with Crippen molar-refractivity contribution in [1.82, 2.24) is 10.2 Å². The second-order valence-corrected chi connectivity index (χ2v) is 6.52. The quantitative estimate of drug-likeness (QED) is 0.865. The first kappa shape index (κ1) is 17.3. The maximum atomic E-state index is 12.4. The predicted molar refractivity (Wildman–Crippen MR) is 97.2 cm³/mol. The second-order valence-electron chi connectivity index (χ2n) is 6.52. The summed E-state index contributed by atoms with van der Waals surface area (Å²) in [5, 5.41) is 5.73. The molecular formula is C19H21N3O5. The Morgan fingerprint density at radius 3 is 2.78 bits per heavy atom. The molecule has 2 aliphatic rings. The minimum absolute atomic E-state index is 0.116. The lowest BCUT2D eigenvalue weighted by molar-refractivity contribution is 0.0666. The van der Waals surface area contributed by atoms with Crippen molar-refractivity contribution in [2.75, 3.05) is 31.6 Å². The van der Waals surface area contributed by atoms with Crippen LogP contribution in [0.4, 0.5) is 10.5 Å². The molecule has 27 heavy (non-hydrogen) atoms. The molecule has 1 unspecified atom stereocenters. The Labute approximate surface area is 156 Å². The van der Waals surface area contributed by atoms with Crippen LogP contribution in [0.5, 0.6) is 11.5 Å². The number of piperidine rings is 1. The van der Waals surface area contributed by atoms with E-state index in [2.05, 4.69) is 10.6 Å². The Bertz CT molecular complexity index is 821. The van der Waals surface area contributed by atoms with Gasteiger partial charge in [-0.25, -0.2) is 4.79 Å². The molecule has 0 spiro atoms. The van der Waals surface area contributed by atoms with Crippen LogP contribution in [-0.4, -0.2) is 49.2 Å². The zero-order valence-corrected chi connectivity index (χ0v) is 14.8. The number of nitrogens with one attached hydrogen (secondary N) is 2. The fourth-order valence-corrected chi connectivity index (χ4v) is 3.31. The molecule has 8 nitrogen and oxygen atoms in total. The average Bonchev–Trinajstić information content (AvgIpc) is 3.22. The Hall–Kier alpha value is -3.16. The third-order valence-electron chi connectivity index (χ3n) is 4.58. The number of rotatable bonds is 3. The van der Waals surface area contributed by atoms with Crippen LogP contribution in [0.25, 0.3) is 0 Å². The third-order valence-corrected chi connectivity index (χ3v) is 4.58. The van der Waals surface area contributed by atoms with Crippen LogP contribution in [0.1, 0.15) is 23.4 Å². The second kappa shape index (κ2) is 7.61. The summed E-state index contributed by atoms with van der Waals surface area (Å²) in [6.07, 6.45) is 3.12. The molecule has 1 saturated heterocycles. The normalized spacial score (nSPS) is 18.7. The number of nitrogens with zero attached hydrogens (tertiary/aromatic N) is 1. The zero-order valence-electron chi connectivity index (χ0n) is 14.8. The summed E-state index contributed by atoms with van der Waals surface area (Å²) in [5.74, 6) is 1.45. The zero-order chi connectivity index (χ0) is 18.6. The molecule has 2 aliphatic heterocycles. The Kier molecular flexibility index (Phi) is 4.86. The van der Waals surface area contributed by atoms with Gasteiger partial charge in [0.2, 0.25) is 0 Å². The summed E-state index contributed by atoms with van der Waals surface area (Å²) < 4.78 is 16.2. The van der Waals surface area contributed by atoms with E-state index >= 15 is 0 Å². The van der Waals surface area contributed by atoms with Crippen LogP contribution in [0.2, 0.25) is 0 Å². The van der Waals surface area contributed by atoms with E-state index < -0.39 is 0 Å². The van der Waals surface area contributed by atoms with Crippen molar-refractivity contribution in [3.05, 3.63) is 42.4 Å². The number of hydrogen-bond donors (Lipinski definition) is 2. The molecular weight excluding hydrogens is 350 g/mol. The summed E-state index contributed by atoms with van der Waals surface area (Å²) in [6, 6.07) is 8.18. The maximum absolute atomic E-state index is 12.4. The van der Waals surface area contributed by atoms with E-state index in [1.54, 1.807) is 35.2 Å². The number of fused-ring (bicyclic) bond motifs is 1. The molecule has 2 N–H and O–H groups in total. The van der Waals surface area contributed by atoms with Crippen molar-refractivity contribution in [2.45, 2.75) is 18.9 Å². The Balaban J connectivity index is 1.33. The number of carbonyl (C=O) groups excluding carboxylic acids is 2. The van der Waals surface area contributed by atoms with Crippen LogP contribution in [-0.2, 0) is 0 Å². The van der Waals surface area contributed by atoms with Crippen LogP contribution in [0.15, 0.2) is 41.0 Å². The molecule has 142 valence electrons. The maximum Gasteiger partial charge on any atom is 0.319 e. The van der Waals surface area contributed by atoms with Crippen LogP contribution in [0.3, 0.4) is 0 Å². The molecule has 4 rings (SSSR count). The van der Waals surface area contributed by atoms with E-state index in [4.69, 9.17) is 13.9 Å². The van der Waals surface area contributed by atoms with Gasteiger partial charge in [-0.05, 0) is 37.1 Å². The van der Waals surface area contributed by atoms with Crippen molar-refractivity contribution in [3.63, 3.8) is 0 Å². The van der Waals surface area contributed by atoms with E-state index in [0.717, 1.165) is 12.8 Å². The topological polar surface area (TPSA) is 93.0 Å². The summed E-state index contributed by atoms with van der Waals surface area (Å²) in [6.45, 7) is 2.12. The van der Waals surface area contributed by atoms with Crippen molar-refractivity contribution < 1.29 is 23.5 Å². The lowest BCUT2D eigenvalue weighted by atomic mass is 10.1. The number of carbonyl (C=O) groups is 2. The monoisotopic (exact) mass is 371 g/mol. The van der Waals surface area contributed by atoms with E-state index in [0.29, 0.717) is 49.2 Å². The molecule has 3 heterocycles. The van der Waals surface area contributed by atoms with Gasteiger partial charge in [-0.2, -0.15) is 0 Å². The number of hydrogen-bond acceptors (Lipinski definition) is 5. The Morgan fingerprint density at radius 1 is 1.11 bits per heavy atom. The molecule has 1 fully saturated rings. The lowest BCUT2D eigenvalue weighted by Gasteiger charge is -2.32. The van der Waals surface area contributed by atoms with Gasteiger partial charge in [0, 0.05) is 30.9 Å². The summed E-state index contributed by atoms with van der Waals surface area (Å²) in [5.41, 5.74) is 0.621. The van der Waals surface area contributed by atoms with Gasteiger partial charge in [-0.15, -0.1) is 0 Å². The molecule has 0 bridgehead atoms. The van der Waals surface area contributed by atoms with E-state index in [1.807, 2.05) is 0 Å². The highest BCUT2D eigenvalue weighted by atomic mass is 16.6. The van der Waals surface area contributed by atoms with Crippen molar-refractivity contribution in [2.24, 2.45) is 0 Å². The average molecular weight is 371 g/mol. The lowest BCUT2D eigenvalue weighted by Crippen LogP contribution is -2.50. The fourth-order valence-electron chi connectivity index (χ4n) is 3.31. The standard InChI is InChI=1S/C19H21N3O5/c23-18(16-4-2-8-25-16)22-7-1-3-14(12-22)21-19(24)20-13-5-6-15-17(11-13)27-10-9-26-15/h2,4-6,8,11,14H,1,3,7,9-10,12H2,(H2,20,21,24). The summed E-state index contributed by atoms with van der Waals surface area (Å²) in [7, 11) is 0. The van der Waals surface area contributed by atoms with Gasteiger partial charge in [0.25, 0.3) is 5.91 Å². The first-order valence-corrected chi connectivity index (χ1v) is 8.99. The van der Waals surface area contributed by atoms with E-state index in [9.17, 15) is 9.59 Å². The van der Waals surface area contributed by atoms with Crippen LogP contribution in [0, 0.1) is 0 Å². The number of ether oxygens (including phenoxy) is 2. The first-order chi connectivity index (χ1) is 13.2. The van der Waals surface area contributed by atoms with Crippen LogP contribution >= 0.6 is 0 Å². The summed E-state index contributed by atoms with van der Waals surface area (Å²) in [4.78, 5) is 26.4. The van der Waals surface area contributed by atoms with Gasteiger partial charge in [-0.3, -0.25) is 4.79 Å². The minimum Gasteiger partial charge on any atom is -0.486 e. The molecule has 2 aromatic rings. The molecule has 0 saturated carbocycles. The molecule has 0 radical (unpaired) electrons. The highest BCUT2D eigenvalue weighted by Gasteiger charge is 2.26. The molecule has 1 atom stereocenters. The first-order valence-electron chi connectivity index (χ1n) is 8.99. The Morgan fingerprint density at radius 2 is 1.96 bits per heavy atom. The highest BCUT2D eigenvalue weighted by molar-refractivity contribution is 5.92. The van der Waals surface area contributed by atoms with Gasteiger partial charge in [-0.1, -0.05) is 0 Å². The van der Waals surface area contributed by atoms with Gasteiger partial charge < -0.3 is 29.4 Å². The third kappa shape index (κ3) is 3.99. The SMILES string of the molecule is O=C(Nc1ccc2c(c1)OCCO2)NC1CCCN(C(=O)c2ccco2)C1. The number of benzene rings is 1. The summed E-state index contributed by atoms with van der Waals surface area (Å²) >= 11 is 0. The van der Waals surface area contributed by atoms with Crippen LogP contribution < -0.4 is 20.1 Å². The predicted octanol–water partition coefficient (Wildman–Crippen LogP) is 2.48. The largest absolute Gasteiger partial charge is 0.486 e. The number of anilines is 1. The number of furan rings is 1. The van der Waals surface area contributed by atoms with E-state index in [1.165, 1.54) is 6.26 Å². The van der Waals surface area contributed by atoms with Gasteiger partial charge in [0.15, 0.2) is 17.3 Å². The minimum atomic E-state index is -0.316. The number of likely N-dealkylation sites (tertiary alicyclic amines) is 1. The molecule has 0 aliphatic carbocycles. The number of urea groups is 1. The van der Waals surface area contributed by atoms with E-state index in [-0.39, 0.29) is 18.0 Å². The number of amides is 3. The van der Waals surface area contributed by atoms with Crippen molar-refractivity contribution in [3.8, 4) is 11.5 Å². The van der Waals surface area contributed by atoms with Gasteiger partial charge in [0.05, 0.1) is 6.26 Å². The van der Waals surface area contributed by atoms with Gasteiger partial charge in [0.1, 0.15) is 13.2 Å². The van der Waals surface area contributed by atoms with Crippen molar-refractivity contribution >= 4 is 17.6 Å². The fraction of sp³-hybridized carbons (Fsp3) is 0.368. The van der Waals surface area contributed by atoms with Crippen molar-refractivity contribution in [1.29, 1.82) is 0 Å². The molecule has 1 aromatic carbocycles. The smallest absolute Gasteiger partial charge is 0.319 e. The molecule has 1 aromatic heterocycles. The molecule has 8 heteroatoms. The van der Waals surface area contributed by atoms with Gasteiger partial charge >= 0.3 is 6.03 Å².